The highest BCUT2D eigenvalue weighted by atomic mass is 32.1. The molecule has 2 heterocycles. The number of benzene rings is 2. The minimum Gasteiger partial charge on any atom is -0.271 e. The Kier molecular flexibility index (Phi) is 6.18. The van der Waals surface area contributed by atoms with Gasteiger partial charge in [0.15, 0.2) is 0 Å². The van der Waals surface area contributed by atoms with E-state index in [1.807, 2.05) is 60.7 Å². The van der Waals surface area contributed by atoms with Gasteiger partial charge in [0, 0.05) is 17.2 Å². The van der Waals surface area contributed by atoms with Crippen molar-refractivity contribution >= 4 is 23.2 Å². The van der Waals surface area contributed by atoms with Gasteiger partial charge in [0.25, 0.3) is 17.4 Å². The zero-order valence-corrected chi connectivity index (χ0v) is 17.9. The molecule has 2 N–H and O–H groups in total. The molecule has 0 unspecified atom stereocenters. The molecular formula is C23H19N5O3S. The molecule has 4 rings (SSSR count). The number of hydrogen-bond acceptors (Lipinski definition) is 6. The summed E-state index contributed by atoms with van der Waals surface area (Å²) in [5, 5.41) is 4.96. The quantitative estimate of drug-likeness (QED) is 0.460. The molecule has 0 aliphatic carbocycles. The van der Waals surface area contributed by atoms with Crippen LogP contribution in [0.1, 0.15) is 15.4 Å². The predicted octanol–water partition coefficient (Wildman–Crippen LogP) is 2.80. The number of thiazole rings is 1. The van der Waals surface area contributed by atoms with Crippen molar-refractivity contribution in [1.29, 1.82) is 0 Å². The van der Waals surface area contributed by atoms with E-state index in [0.717, 1.165) is 15.8 Å². The van der Waals surface area contributed by atoms with E-state index >= 15 is 0 Å². The van der Waals surface area contributed by atoms with E-state index in [2.05, 4.69) is 20.9 Å². The molecule has 0 aliphatic heterocycles. The molecule has 2 aromatic heterocycles. The van der Waals surface area contributed by atoms with E-state index in [9.17, 15) is 14.4 Å². The summed E-state index contributed by atoms with van der Waals surface area (Å²) < 4.78 is 1.05. The molecule has 4 aromatic rings. The molecule has 0 radical (unpaired) electrons. The first-order valence-corrected chi connectivity index (χ1v) is 10.6. The second-order valence-electron chi connectivity index (χ2n) is 6.88. The Morgan fingerprint density at radius 1 is 0.906 bits per heavy atom. The minimum atomic E-state index is -0.580. The molecule has 9 heteroatoms. The average molecular weight is 446 g/mol. The highest BCUT2D eigenvalue weighted by molar-refractivity contribution is 7.17. The number of carbonyl (C=O) groups excluding carboxylic acids is 2. The van der Waals surface area contributed by atoms with Gasteiger partial charge in [-0.2, -0.15) is 5.10 Å². The first-order valence-electron chi connectivity index (χ1n) is 9.77. The second-order valence-corrected chi connectivity index (χ2v) is 7.88. The lowest BCUT2D eigenvalue weighted by atomic mass is 10.1. The summed E-state index contributed by atoms with van der Waals surface area (Å²) in [7, 11) is 0. The molecule has 0 saturated carbocycles. The molecule has 0 saturated heterocycles. The van der Waals surface area contributed by atoms with E-state index in [1.54, 1.807) is 13.0 Å². The molecule has 2 aromatic carbocycles. The molecule has 8 nitrogen and oxygen atoms in total. The number of carbonyl (C=O) groups is 2. The van der Waals surface area contributed by atoms with Crippen molar-refractivity contribution in [2.45, 2.75) is 13.5 Å². The zero-order chi connectivity index (χ0) is 22.5. The number of nitrogens with zero attached hydrogens (tertiary/aromatic N) is 3. The standard InChI is InChI=1S/C23H19N5O3S/c1-15-21(32-23(24-15)17-10-6-3-7-11-17)22(31)26-25-19(29)14-28-20(30)13-12-18(27-28)16-8-4-2-5-9-16/h2-13H,14H2,1H3,(H,25,29)(H,26,31). The van der Waals surface area contributed by atoms with Crippen molar-refractivity contribution in [3.63, 3.8) is 0 Å². The van der Waals surface area contributed by atoms with Crippen LogP contribution in [0.5, 0.6) is 0 Å². The minimum absolute atomic E-state index is 0.337. The Hall–Kier alpha value is -4.11. The monoisotopic (exact) mass is 445 g/mol. The third-order valence-corrected chi connectivity index (χ3v) is 5.77. The number of hydrazine groups is 1. The SMILES string of the molecule is Cc1nc(-c2ccccc2)sc1C(=O)NNC(=O)Cn1nc(-c2ccccc2)ccc1=O. The Bertz CT molecular complexity index is 1320. The molecule has 0 fully saturated rings. The highest BCUT2D eigenvalue weighted by Gasteiger charge is 2.17. The highest BCUT2D eigenvalue weighted by Crippen LogP contribution is 2.27. The molecule has 160 valence electrons. The molecule has 0 spiro atoms. The number of nitrogens with one attached hydrogen (secondary N) is 2. The molecule has 0 bridgehead atoms. The van der Waals surface area contributed by atoms with Gasteiger partial charge in [0.05, 0.1) is 11.4 Å². The van der Waals surface area contributed by atoms with Crippen LogP contribution in [0.25, 0.3) is 21.8 Å². The van der Waals surface area contributed by atoms with Crippen molar-refractivity contribution < 1.29 is 9.59 Å². The van der Waals surface area contributed by atoms with Gasteiger partial charge >= 0.3 is 0 Å². The topological polar surface area (TPSA) is 106 Å². The van der Waals surface area contributed by atoms with Gasteiger partial charge in [0.1, 0.15) is 16.4 Å². The molecule has 0 atom stereocenters. The van der Waals surface area contributed by atoms with Gasteiger partial charge in [-0.3, -0.25) is 25.2 Å². The van der Waals surface area contributed by atoms with Crippen molar-refractivity contribution in [3.8, 4) is 21.8 Å². The van der Waals surface area contributed by atoms with Gasteiger partial charge in [0.2, 0.25) is 0 Å². The van der Waals surface area contributed by atoms with Crippen LogP contribution in [0.4, 0.5) is 0 Å². The maximum Gasteiger partial charge on any atom is 0.281 e. The Morgan fingerprint density at radius 3 is 2.25 bits per heavy atom. The second kappa shape index (κ2) is 9.36. The Labute approximate surface area is 187 Å². The van der Waals surface area contributed by atoms with Crippen LogP contribution in [-0.4, -0.2) is 26.6 Å². The first-order chi connectivity index (χ1) is 15.5. The smallest absolute Gasteiger partial charge is 0.271 e. The third kappa shape index (κ3) is 4.79. The lowest BCUT2D eigenvalue weighted by Gasteiger charge is -2.09. The van der Waals surface area contributed by atoms with Crippen molar-refractivity contribution in [2.24, 2.45) is 0 Å². The maximum absolute atomic E-state index is 12.5. The summed E-state index contributed by atoms with van der Waals surface area (Å²) in [6.07, 6.45) is 0. The summed E-state index contributed by atoms with van der Waals surface area (Å²) in [6.45, 7) is 1.40. The first kappa shape index (κ1) is 21.1. The van der Waals surface area contributed by atoms with Gasteiger partial charge in [-0.1, -0.05) is 60.7 Å². The van der Waals surface area contributed by atoms with E-state index in [0.29, 0.717) is 21.3 Å². The van der Waals surface area contributed by atoms with E-state index in [-0.39, 0.29) is 6.54 Å². The fourth-order valence-corrected chi connectivity index (χ4v) is 3.96. The van der Waals surface area contributed by atoms with E-state index in [1.165, 1.54) is 17.4 Å². The normalized spacial score (nSPS) is 10.5. The number of aryl methyl sites for hydroxylation is 1. The van der Waals surface area contributed by atoms with Gasteiger partial charge < -0.3 is 0 Å². The van der Waals surface area contributed by atoms with Crippen LogP contribution in [0.3, 0.4) is 0 Å². The summed E-state index contributed by atoms with van der Waals surface area (Å²) >= 11 is 1.24. The Balaban J connectivity index is 1.41. The van der Waals surface area contributed by atoms with Crippen LogP contribution in [-0.2, 0) is 11.3 Å². The largest absolute Gasteiger partial charge is 0.281 e. The molecular weight excluding hydrogens is 426 g/mol. The van der Waals surface area contributed by atoms with Gasteiger partial charge in [-0.25, -0.2) is 9.67 Å². The fraction of sp³-hybridized carbons (Fsp3) is 0.0870. The lowest BCUT2D eigenvalue weighted by Crippen LogP contribution is -2.44. The Morgan fingerprint density at radius 2 is 1.56 bits per heavy atom. The summed E-state index contributed by atoms with van der Waals surface area (Å²) in [6, 6.07) is 21.8. The van der Waals surface area contributed by atoms with Crippen LogP contribution in [0, 0.1) is 6.92 Å². The van der Waals surface area contributed by atoms with E-state index in [4.69, 9.17) is 0 Å². The maximum atomic E-state index is 12.5. The average Bonchev–Trinajstić information content (AvgIpc) is 3.22. The zero-order valence-electron chi connectivity index (χ0n) is 17.1. The molecule has 2 amide bonds. The lowest BCUT2D eigenvalue weighted by molar-refractivity contribution is -0.122. The predicted molar refractivity (Wildman–Crippen MR) is 122 cm³/mol. The van der Waals surface area contributed by atoms with Crippen LogP contribution < -0.4 is 16.4 Å². The molecule has 32 heavy (non-hydrogen) atoms. The molecule has 0 aliphatic rings. The number of hydrogen-bond donors (Lipinski definition) is 2. The van der Waals surface area contributed by atoms with Crippen LogP contribution in [0.15, 0.2) is 77.6 Å². The third-order valence-electron chi connectivity index (χ3n) is 4.57. The van der Waals surface area contributed by atoms with Crippen molar-refractivity contribution in [3.05, 3.63) is 93.7 Å². The van der Waals surface area contributed by atoms with Crippen molar-refractivity contribution in [1.82, 2.24) is 25.6 Å². The van der Waals surface area contributed by atoms with Crippen LogP contribution >= 0.6 is 11.3 Å². The van der Waals surface area contributed by atoms with Crippen LogP contribution in [0.2, 0.25) is 0 Å². The fourth-order valence-electron chi connectivity index (χ4n) is 3.00. The summed E-state index contributed by atoms with van der Waals surface area (Å²) in [5.41, 5.74) is 7.16. The number of aromatic nitrogens is 3. The summed E-state index contributed by atoms with van der Waals surface area (Å²) in [4.78, 5) is 41.8. The number of amides is 2. The van der Waals surface area contributed by atoms with Gasteiger partial charge in [-0.05, 0) is 13.0 Å². The summed E-state index contributed by atoms with van der Waals surface area (Å²) in [5.74, 6) is -1.06. The van der Waals surface area contributed by atoms with Gasteiger partial charge in [-0.15, -0.1) is 11.3 Å². The van der Waals surface area contributed by atoms with Crippen molar-refractivity contribution in [2.75, 3.05) is 0 Å². The van der Waals surface area contributed by atoms with E-state index < -0.39 is 17.4 Å². The number of rotatable bonds is 5.